The first-order valence-corrected chi connectivity index (χ1v) is 4.59. The summed E-state index contributed by atoms with van der Waals surface area (Å²) in [6, 6.07) is 6.03. The maximum Gasteiger partial charge on any atom is 0.338 e. The van der Waals surface area contributed by atoms with E-state index in [2.05, 4.69) is 4.74 Å². The van der Waals surface area contributed by atoms with Crippen LogP contribution in [0.1, 0.15) is 12.5 Å². The van der Waals surface area contributed by atoms with Gasteiger partial charge in [-0.1, -0.05) is 12.1 Å². The Morgan fingerprint density at radius 1 is 1.60 bits per heavy atom. The summed E-state index contributed by atoms with van der Waals surface area (Å²) in [5, 5.41) is 0. The minimum absolute atomic E-state index is 0.340. The van der Waals surface area contributed by atoms with Crippen molar-refractivity contribution in [2.24, 2.45) is 0 Å². The van der Waals surface area contributed by atoms with E-state index in [-0.39, 0.29) is 5.82 Å². The Morgan fingerprint density at radius 3 is 2.93 bits per heavy atom. The second kappa shape index (κ2) is 3.31. The van der Waals surface area contributed by atoms with Crippen LogP contribution < -0.4 is 0 Å². The van der Waals surface area contributed by atoms with E-state index >= 15 is 0 Å². The molecule has 2 rings (SSSR count). The van der Waals surface area contributed by atoms with Crippen LogP contribution in [0.15, 0.2) is 24.3 Å². The average Bonchev–Trinajstić information content (AvgIpc) is 2.91. The number of hydrogen-bond donors (Lipinski definition) is 0. The second-order valence-corrected chi connectivity index (χ2v) is 3.64. The summed E-state index contributed by atoms with van der Waals surface area (Å²) < 4.78 is 22.8. The van der Waals surface area contributed by atoms with Gasteiger partial charge in [0.25, 0.3) is 0 Å². The van der Waals surface area contributed by atoms with Gasteiger partial charge in [0.1, 0.15) is 11.4 Å². The molecule has 0 aliphatic carbocycles. The van der Waals surface area contributed by atoms with Gasteiger partial charge >= 0.3 is 5.97 Å². The molecule has 0 bridgehead atoms. The number of methoxy groups -OCH3 is 1. The fourth-order valence-corrected chi connectivity index (χ4v) is 1.61. The van der Waals surface area contributed by atoms with Crippen molar-refractivity contribution in [2.45, 2.75) is 18.6 Å². The Kier molecular flexibility index (Phi) is 2.23. The lowest BCUT2D eigenvalue weighted by atomic mass is 9.97. The third-order valence-corrected chi connectivity index (χ3v) is 2.62. The molecule has 2 atom stereocenters. The molecule has 80 valence electrons. The quantitative estimate of drug-likeness (QED) is 0.550. The molecule has 3 nitrogen and oxygen atoms in total. The largest absolute Gasteiger partial charge is 0.467 e. The lowest BCUT2D eigenvalue weighted by Gasteiger charge is -2.05. The molecule has 4 heteroatoms. The molecule has 1 saturated heterocycles. The number of rotatable bonds is 2. The number of halogens is 1. The van der Waals surface area contributed by atoms with E-state index in [0.29, 0.717) is 5.56 Å². The van der Waals surface area contributed by atoms with Crippen LogP contribution >= 0.6 is 0 Å². The summed E-state index contributed by atoms with van der Waals surface area (Å²) in [7, 11) is 1.30. The number of epoxide rings is 1. The van der Waals surface area contributed by atoms with E-state index in [1.54, 1.807) is 19.1 Å². The van der Waals surface area contributed by atoms with Crippen LogP contribution in [0.25, 0.3) is 0 Å². The highest BCUT2D eigenvalue weighted by atomic mass is 19.1. The number of carbonyl (C=O) groups is 1. The highest BCUT2D eigenvalue weighted by molar-refractivity contribution is 5.79. The fraction of sp³-hybridized carbons (Fsp3) is 0.364. The number of ether oxygens (including phenoxy) is 2. The van der Waals surface area contributed by atoms with Crippen LogP contribution in [0.5, 0.6) is 0 Å². The molecular weight excluding hydrogens is 199 g/mol. The first-order chi connectivity index (χ1) is 7.08. The van der Waals surface area contributed by atoms with Gasteiger partial charge in [0.2, 0.25) is 0 Å². The summed E-state index contributed by atoms with van der Waals surface area (Å²) in [5.41, 5.74) is -0.0900. The topological polar surface area (TPSA) is 38.8 Å². The Balaban J connectivity index is 2.23. The summed E-state index contributed by atoms with van der Waals surface area (Å²) in [6.07, 6.45) is -0.621. The van der Waals surface area contributed by atoms with Gasteiger partial charge in [0.05, 0.1) is 7.11 Å². The van der Waals surface area contributed by atoms with Crippen molar-refractivity contribution in [3.8, 4) is 0 Å². The van der Waals surface area contributed by atoms with Crippen molar-refractivity contribution >= 4 is 5.97 Å². The first kappa shape index (κ1) is 10.1. The highest BCUT2D eigenvalue weighted by Gasteiger charge is 2.59. The molecule has 1 aromatic carbocycles. The predicted octanol–water partition coefficient (Wildman–Crippen LogP) is 1.61. The zero-order valence-electron chi connectivity index (χ0n) is 8.49. The zero-order valence-corrected chi connectivity index (χ0v) is 8.49. The Hall–Kier alpha value is -1.42. The van der Waals surface area contributed by atoms with Gasteiger partial charge in [0.15, 0.2) is 6.10 Å². The van der Waals surface area contributed by atoms with Gasteiger partial charge < -0.3 is 9.47 Å². The van der Waals surface area contributed by atoms with Crippen molar-refractivity contribution < 1.29 is 18.7 Å². The van der Waals surface area contributed by atoms with Gasteiger partial charge in [-0.05, 0) is 24.6 Å². The van der Waals surface area contributed by atoms with E-state index in [1.165, 1.54) is 19.2 Å². The molecule has 1 aliphatic rings. The van der Waals surface area contributed by atoms with E-state index in [9.17, 15) is 9.18 Å². The minimum atomic E-state index is -0.741. The van der Waals surface area contributed by atoms with Crippen LogP contribution in [-0.4, -0.2) is 19.2 Å². The van der Waals surface area contributed by atoms with Gasteiger partial charge in [-0.2, -0.15) is 0 Å². The maximum absolute atomic E-state index is 13.0. The van der Waals surface area contributed by atoms with E-state index in [0.717, 1.165) is 0 Å². The summed E-state index contributed by atoms with van der Waals surface area (Å²) >= 11 is 0. The lowest BCUT2D eigenvalue weighted by molar-refractivity contribution is -0.142. The van der Waals surface area contributed by atoms with Crippen LogP contribution in [0.3, 0.4) is 0 Å². The molecule has 0 amide bonds. The Bertz CT molecular complexity index is 405. The van der Waals surface area contributed by atoms with Crippen molar-refractivity contribution in [1.29, 1.82) is 0 Å². The van der Waals surface area contributed by atoms with E-state index < -0.39 is 17.7 Å². The SMILES string of the molecule is COC(=O)C1OC1(C)c1cccc(F)c1. The molecule has 2 unspecified atom stereocenters. The summed E-state index contributed by atoms with van der Waals surface area (Å²) in [4.78, 5) is 11.2. The molecule has 0 saturated carbocycles. The molecule has 1 heterocycles. The molecule has 15 heavy (non-hydrogen) atoms. The maximum atomic E-state index is 13.0. The monoisotopic (exact) mass is 210 g/mol. The van der Waals surface area contributed by atoms with Gasteiger partial charge in [-0.25, -0.2) is 9.18 Å². The van der Waals surface area contributed by atoms with Gasteiger partial charge in [-0.15, -0.1) is 0 Å². The fourth-order valence-electron chi connectivity index (χ4n) is 1.61. The van der Waals surface area contributed by atoms with Crippen molar-refractivity contribution in [3.05, 3.63) is 35.6 Å². The number of carbonyl (C=O) groups excluding carboxylic acids is 1. The van der Waals surface area contributed by atoms with Crippen LogP contribution in [0, 0.1) is 5.82 Å². The van der Waals surface area contributed by atoms with Crippen molar-refractivity contribution in [3.63, 3.8) is 0 Å². The molecule has 1 aromatic rings. The summed E-state index contributed by atoms with van der Waals surface area (Å²) in [5.74, 6) is -0.769. The smallest absolute Gasteiger partial charge is 0.338 e. The average molecular weight is 210 g/mol. The number of esters is 1. The van der Waals surface area contributed by atoms with Crippen LogP contribution in [0.4, 0.5) is 4.39 Å². The minimum Gasteiger partial charge on any atom is -0.467 e. The number of benzene rings is 1. The first-order valence-electron chi connectivity index (χ1n) is 4.59. The Labute approximate surface area is 86.8 Å². The Morgan fingerprint density at radius 2 is 2.33 bits per heavy atom. The second-order valence-electron chi connectivity index (χ2n) is 3.64. The third-order valence-electron chi connectivity index (χ3n) is 2.62. The van der Waals surface area contributed by atoms with Crippen LogP contribution in [-0.2, 0) is 19.9 Å². The van der Waals surface area contributed by atoms with Gasteiger partial charge in [-0.3, -0.25) is 0 Å². The summed E-state index contributed by atoms with van der Waals surface area (Å²) in [6.45, 7) is 1.74. The molecule has 0 N–H and O–H groups in total. The zero-order chi connectivity index (χ0) is 11.1. The predicted molar refractivity (Wildman–Crippen MR) is 50.6 cm³/mol. The normalized spacial score (nSPS) is 28.6. The molecule has 0 aromatic heterocycles. The van der Waals surface area contributed by atoms with Crippen molar-refractivity contribution in [1.82, 2.24) is 0 Å². The van der Waals surface area contributed by atoms with Crippen LogP contribution in [0.2, 0.25) is 0 Å². The highest BCUT2D eigenvalue weighted by Crippen LogP contribution is 2.46. The third kappa shape index (κ3) is 1.61. The number of hydrogen-bond acceptors (Lipinski definition) is 3. The molecule has 1 aliphatic heterocycles. The molecule has 0 radical (unpaired) electrons. The van der Waals surface area contributed by atoms with E-state index in [1.807, 2.05) is 0 Å². The molecule has 0 spiro atoms. The molecular formula is C11H11FO3. The standard InChI is InChI=1S/C11H11FO3/c1-11(9(15-11)10(13)14-2)7-4-3-5-8(12)6-7/h3-6,9H,1-2H3. The van der Waals surface area contributed by atoms with E-state index in [4.69, 9.17) is 4.74 Å². The van der Waals surface area contributed by atoms with Gasteiger partial charge in [0, 0.05) is 0 Å². The molecule has 1 fully saturated rings. The van der Waals surface area contributed by atoms with Crippen molar-refractivity contribution in [2.75, 3.05) is 7.11 Å². The lowest BCUT2D eigenvalue weighted by Crippen LogP contribution is -2.17.